The molecule has 1 aliphatic carbocycles. The van der Waals surface area contributed by atoms with Crippen molar-refractivity contribution >= 4 is 0 Å². The van der Waals surface area contributed by atoms with E-state index in [1.54, 1.807) is 0 Å². The predicted octanol–water partition coefficient (Wildman–Crippen LogP) is 4.52. The van der Waals surface area contributed by atoms with Crippen LogP contribution in [0.25, 0.3) is 0 Å². The van der Waals surface area contributed by atoms with E-state index in [0.29, 0.717) is 24.3 Å². The smallest absolute Gasteiger partial charge is 0.119 e. The zero-order chi connectivity index (χ0) is 19.0. The van der Waals surface area contributed by atoms with Gasteiger partial charge in [-0.2, -0.15) is 0 Å². The summed E-state index contributed by atoms with van der Waals surface area (Å²) in [5, 5.41) is 10.4. The summed E-state index contributed by atoms with van der Waals surface area (Å²) in [6.07, 6.45) is 2.25. The number of phenols is 1. The zero-order valence-electron chi connectivity index (χ0n) is 16.7. The fourth-order valence-corrected chi connectivity index (χ4v) is 5.15. The Morgan fingerprint density at radius 1 is 1.19 bits per heavy atom. The molecule has 0 radical (unpaired) electrons. The molecule has 4 atom stereocenters. The Morgan fingerprint density at radius 2 is 1.96 bits per heavy atom. The van der Waals surface area contributed by atoms with E-state index in [4.69, 9.17) is 4.74 Å². The van der Waals surface area contributed by atoms with Crippen molar-refractivity contribution in [3.05, 3.63) is 65.2 Å². The van der Waals surface area contributed by atoms with Gasteiger partial charge in [0.05, 0.1) is 12.7 Å². The van der Waals surface area contributed by atoms with Gasteiger partial charge in [0, 0.05) is 12.6 Å². The normalized spacial score (nSPS) is 28.6. The van der Waals surface area contributed by atoms with Gasteiger partial charge in [-0.05, 0) is 60.4 Å². The van der Waals surface area contributed by atoms with Crippen LogP contribution in [0.2, 0.25) is 0 Å². The summed E-state index contributed by atoms with van der Waals surface area (Å²) in [5.74, 6) is 1.03. The Kier molecular flexibility index (Phi) is 5.00. The van der Waals surface area contributed by atoms with Gasteiger partial charge < -0.3 is 9.84 Å². The molecule has 3 heteroatoms. The molecule has 144 valence electrons. The molecule has 1 fully saturated rings. The van der Waals surface area contributed by atoms with Crippen molar-refractivity contribution in [3.63, 3.8) is 0 Å². The first-order chi connectivity index (χ1) is 13.0. The summed E-state index contributed by atoms with van der Waals surface area (Å²) in [6, 6.07) is 16.9. The molecule has 3 nitrogen and oxygen atoms in total. The second-order valence-corrected chi connectivity index (χ2v) is 8.63. The SMILES string of the molecule is C[C@@H](CN1CCC2(C)c3cccc(O)c3C[C@@H]1[C@@H]2C)OCc1ccccc1. The van der Waals surface area contributed by atoms with E-state index in [1.807, 2.05) is 18.2 Å². The van der Waals surface area contributed by atoms with Gasteiger partial charge in [-0.25, -0.2) is 0 Å². The van der Waals surface area contributed by atoms with Gasteiger partial charge >= 0.3 is 0 Å². The molecule has 27 heavy (non-hydrogen) atoms. The van der Waals surface area contributed by atoms with Crippen LogP contribution < -0.4 is 0 Å². The number of phenolic OH excluding ortho intramolecular Hbond substituents is 1. The Balaban J connectivity index is 1.46. The number of rotatable bonds is 5. The highest BCUT2D eigenvalue weighted by Gasteiger charge is 2.49. The van der Waals surface area contributed by atoms with E-state index in [2.05, 4.69) is 56.0 Å². The second kappa shape index (κ2) is 7.29. The largest absolute Gasteiger partial charge is 0.508 e. The molecule has 0 saturated carbocycles. The topological polar surface area (TPSA) is 32.7 Å². The molecule has 1 aliphatic heterocycles. The summed E-state index contributed by atoms with van der Waals surface area (Å²) < 4.78 is 6.13. The number of hydrogen-bond acceptors (Lipinski definition) is 3. The van der Waals surface area contributed by atoms with Gasteiger partial charge in [0.1, 0.15) is 5.75 Å². The number of ether oxygens (including phenoxy) is 1. The molecular weight excluding hydrogens is 334 g/mol. The van der Waals surface area contributed by atoms with Gasteiger partial charge in [0.25, 0.3) is 0 Å². The molecule has 2 aliphatic rings. The highest BCUT2D eigenvalue weighted by Crippen LogP contribution is 2.50. The third-order valence-electron chi connectivity index (χ3n) is 7.02. The molecule has 2 aromatic carbocycles. The number of hydrogen-bond donors (Lipinski definition) is 1. The average Bonchev–Trinajstić information content (AvgIpc) is 2.67. The van der Waals surface area contributed by atoms with Crippen LogP contribution in [0.1, 0.15) is 43.9 Å². The van der Waals surface area contributed by atoms with E-state index in [-0.39, 0.29) is 11.5 Å². The van der Waals surface area contributed by atoms with E-state index in [9.17, 15) is 5.11 Å². The van der Waals surface area contributed by atoms with E-state index in [0.717, 1.165) is 31.5 Å². The lowest BCUT2D eigenvalue weighted by molar-refractivity contribution is -0.0246. The van der Waals surface area contributed by atoms with Crippen LogP contribution in [0.3, 0.4) is 0 Å². The summed E-state index contributed by atoms with van der Waals surface area (Å²) in [5.41, 5.74) is 3.90. The number of piperidine rings is 1. The molecule has 2 bridgehead atoms. The van der Waals surface area contributed by atoms with Crippen molar-refractivity contribution in [2.45, 2.75) is 57.8 Å². The predicted molar refractivity (Wildman–Crippen MR) is 109 cm³/mol. The van der Waals surface area contributed by atoms with E-state index in [1.165, 1.54) is 11.1 Å². The molecule has 4 rings (SSSR count). The molecule has 1 N–H and O–H groups in total. The van der Waals surface area contributed by atoms with Gasteiger partial charge in [0.15, 0.2) is 0 Å². The first-order valence-corrected chi connectivity index (χ1v) is 10.2. The number of fused-ring (bicyclic) bond motifs is 4. The highest BCUT2D eigenvalue weighted by molar-refractivity contribution is 5.47. The molecule has 0 amide bonds. The lowest BCUT2D eigenvalue weighted by atomic mass is 9.59. The maximum atomic E-state index is 10.4. The zero-order valence-corrected chi connectivity index (χ0v) is 16.7. The van der Waals surface area contributed by atoms with Gasteiger partial charge in [0.2, 0.25) is 0 Å². The van der Waals surface area contributed by atoms with Crippen molar-refractivity contribution in [1.82, 2.24) is 4.90 Å². The summed E-state index contributed by atoms with van der Waals surface area (Å²) >= 11 is 0. The van der Waals surface area contributed by atoms with Crippen molar-refractivity contribution in [1.29, 1.82) is 0 Å². The molecule has 1 saturated heterocycles. The molecule has 0 spiro atoms. The van der Waals surface area contributed by atoms with E-state index < -0.39 is 0 Å². The summed E-state index contributed by atoms with van der Waals surface area (Å²) in [6.45, 7) is 9.65. The van der Waals surface area contributed by atoms with Gasteiger partial charge in [-0.3, -0.25) is 4.90 Å². The second-order valence-electron chi connectivity index (χ2n) is 8.63. The first-order valence-electron chi connectivity index (χ1n) is 10.2. The maximum Gasteiger partial charge on any atom is 0.119 e. The molecule has 0 aromatic heterocycles. The van der Waals surface area contributed by atoms with Crippen LogP contribution in [-0.4, -0.2) is 35.2 Å². The molecule has 1 heterocycles. The van der Waals surface area contributed by atoms with Crippen LogP contribution in [0, 0.1) is 5.92 Å². The Labute approximate surface area is 163 Å². The third-order valence-corrected chi connectivity index (χ3v) is 7.02. The molecule has 1 unspecified atom stereocenters. The minimum absolute atomic E-state index is 0.154. The average molecular weight is 366 g/mol. The van der Waals surface area contributed by atoms with Crippen molar-refractivity contribution in [3.8, 4) is 5.75 Å². The minimum atomic E-state index is 0.154. The number of likely N-dealkylation sites (tertiary alicyclic amines) is 1. The van der Waals surface area contributed by atoms with Gasteiger partial charge in [-0.15, -0.1) is 0 Å². The number of aromatic hydroxyl groups is 1. The summed E-state index contributed by atoms with van der Waals surface area (Å²) in [4.78, 5) is 2.59. The fraction of sp³-hybridized carbons (Fsp3) is 0.500. The van der Waals surface area contributed by atoms with Crippen LogP contribution >= 0.6 is 0 Å². The number of nitrogens with zero attached hydrogens (tertiary/aromatic N) is 1. The maximum absolute atomic E-state index is 10.4. The van der Waals surface area contributed by atoms with Crippen molar-refractivity contribution in [2.24, 2.45) is 5.92 Å². The van der Waals surface area contributed by atoms with Crippen molar-refractivity contribution in [2.75, 3.05) is 13.1 Å². The Hall–Kier alpha value is -1.84. The Bertz CT molecular complexity index is 790. The molecular formula is C24H31NO2. The minimum Gasteiger partial charge on any atom is -0.508 e. The number of benzene rings is 2. The fourth-order valence-electron chi connectivity index (χ4n) is 5.15. The van der Waals surface area contributed by atoms with E-state index >= 15 is 0 Å². The third kappa shape index (κ3) is 3.39. The lowest BCUT2D eigenvalue weighted by Crippen LogP contribution is -2.59. The quantitative estimate of drug-likeness (QED) is 0.845. The van der Waals surface area contributed by atoms with Crippen LogP contribution in [0.5, 0.6) is 5.75 Å². The van der Waals surface area contributed by atoms with Crippen molar-refractivity contribution < 1.29 is 9.84 Å². The van der Waals surface area contributed by atoms with Crippen LogP contribution in [-0.2, 0) is 23.2 Å². The molecule has 2 aromatic rings. The highest BCUT2D eigenvalue weighted by atomic mass is 16.5. The monoisotopic (exact) mass is 365 g/mol. The lowest BCUT2D eigenvalue weighted by Gasteiger charge is -2.55. The van der Waals surface area contributed by atoms with Crippen LogP contribution in [0.4, 0.5) is 0 Å². The Morgan fingerprint density at radius 3 is 2.74 bits per heavy atom. The standard InChI is InChI=1S/C24H31NO2/c1-17(27-16-19-8-5-4-6-9-19)15-25-13-12-24(3)18(2)22(25)14-20-21(24)10-7-11-23(20)26/h4-11,17-18,22,26H,12-16H2,1-3H3/t17-,18-,22+,24?/m0/s1. The first kappa shape index (κ1) is 18.5. The van der Waals surface area contributed by atoms with Gasteiger partial charge in [-0.1, -0.05) is 56.3 Å². The van der Waals surface area contributed by atoms with Crippen LogP contribution in [0.15, 0.2) is 48.5 Å². The summed E-state index contributed by atoms with van der Waals surface area (Å²) in [7, 11) is 0.